The zero-order valence-corrected chi connectivity index (χ0v) is 41.9. The van der Waals surface area contributed by atoms with Crippen molar-refractivity contribution in [3.05, 3.63) is 309 Å². The first-order chi connectivity index (χ1) is 37.7. The van der Waals surface area contributed by atoms with Gasteiger partial charge in [-0.05, 0) is 132 Å². The number of nitrogens with zero attached hydrogens (tertiary/aromatic N) is 2. The zero-order valence-electron chi connectivity index (χ0n) is 41.9. The number of rotatable bonds is 10. The van der Waals surface area contributed by atoms with Gasteiger partial charge in [0.2, 0.25) is 0 Å². The third kappa shape index (κ3) is 8.09. The molecule has 0 aromatic heterocycles. The van der Waals surface area contributed by atoms with E-state index >= 15 is 0 Å². The Balaban J connectivity index is 1.04. The highest BCUT2D eigenvalue weighted by Gasteiger charge is 2.31. The summed E-state index contributed by atoms with van der Waals surface area (Å²) >= 11 is 0. The van der Waals surface area contributed by atoms with Crippen LogP contribution in [0.2, 0.25) is 0 Å². The van der Waals surface area contributed by atoms with Gasteiger partial charge >= 0.3 is 0 Å². The molecule has 2 atom stereocenters. The lowest BCUT2D eigenvalue weighted by Gasteiger charge is -2.37. The highest BCUT2D eigenvalue weighted by Crippen LogP contribution is 2.50. The molecule has 76 heavy (non-hydrogen) atoms. The van der Waals surface area contributed by atoms with E-state index in [-0.39, 0.29) is 11.8 Å². The second-order valence-electron chi connectivity index (χ2n) is 20.0. The predicted octanol–water partition coefficient (Wildman–Crippen LogP) is 20.4. The van der Waals surface area contributed by atoms with Gasteiger partial charge in [-0.25, -0.2) is 0 Å². The molecule has 0 spiro atoms. The number of hydrogen-bond acceptors (Lipinski definition) is 2. The molecular formula is C74H52N2. The quantitative estimate of drug-likeness (QED) is 0.135. The van der Waals surface area contributed by atoms with E-state index in [1.807, 2.05) is 0 Å². The molecule has 0 amide bonds. The predicted molar refractivity (Wildman–Crippen MR) is 324 cm³/mol. The van der Waals surface area contributed by atoms with Gasteiger partial charge in [0.15, 0.2) is 0 Å². The van der Waals surface area contributed by atoms with Crippen LogP contribution in [0.1, 0.15) is 0 Å². The zero-order chi connectivity index (χ0) is 50.4. The minimum atomic E-state index is 0.124. The Labute approximate surface area is 444 Å². The van der Waals surface area contributed by atoms with Crippen LogP contribution in [0.25, 0.3) is 87.6 Å². The smallest absolute Gasteiger partial charge is 0.0547 e. The first-order valence-corrected chi connectivity index (χ1v) is 26.4. The van der Waals surface area contributed by atoms with Gasteiger partial charge < -0.3 is 9.80 Å². The highest BCUT2D eigenvalue weighted by atomic mass is 15.2. The van der Waals surface area contributed by atoms with Crippen LogP contribution in [0, 0.1) is 11.8 Å². The maximum atomic E-state index is 2.55. The number of benzene rings is 12. The van der Waals surface area contributed by atoms with Gasteiger partial charge in [0.25, 0.3) is 0 Å². The molecule has 2 unspecified atom stereocenters. The average molecular weight is 969 g/mol. The molecule has 358 valence electrons. The molecule has 0 radical (unpaired) electrons. The van der Waals surface area contributed by atoms with E-state index in [1.54, 1.807) is 0 Å². The van der Waals surface area contributed by atoms with E-state index < -0.39 is 0 Å². The van der Waals surface area contributed by atoms with Crippen LogP contribution in [0.4, 0.5) is 28.4 Å². The molecule has 0 N–H and O–H groups in total. The van der Waals surface area contributed by atoms with Gasteiger partial charge in [0.1, 0.15) is 0 Å². The summed E-state index contributed by atoms with van der Waals surface area (Å²) in [6.07, 6.45) is 16.0. The van der Waals surface area contributed by atoms with Crippen molar-refractivity contribution in [2.45, 2.75) is 0 Å². The SMILES string of the molecule is C1=CC2C=CC=C(N(c3ccc(-c4cccc5ccccc45)cc3)c3cc4c(N(c5ccc(-c6cccc7ccccc67)cc5)c5cccc6ccccc56)cc(-c5ccccc5)cc4cc3-c3ccccc3)C2C=C1. The maximum Gasteiger partial charge on any atom is 0.0547 e. The minimum absolute atomic E-state index is 0.124. The monoisotopic (exact) mass is 968 g/mol. The largest absolute Gasteiger partial charge is 0.313 e. The van der Waals surface area contributed by atoms with Gasteiger partial charge in [0, 0.05) is 45.2 Å². The Morgan fingerprint density at radius 2 is 0.763 bits per heavy atom. The summed E-state index contributed by atoms with van der Waals surface area (Å²) in [4.78, 5) is 5.06. The van der Waals surface area contributed by atoms with Gasteiger partial charge in [-0.15, -0.1) is 0 Å². The molecule has 2 heteroatoms. The molecule has 0 bridgehead atoms. The normalized spacial score (nSPS) is 14.8. The van der Waals surface area contributed by atoms with Crippen LogP contribution in [0.5, 0.6) is 0 Å². The summed E-state index contributed by atoms with van der Waals surface area (Å²) in [5.74, 6) is 0.352. The summed E-state index contributed by atoms with van der Waals surface area (Å²) < 4.78 is 0. The minimum Gasteiger partial charge on any atom is -0.313 e. The molecule has 0 aliphatic heterocycles. The molecule has 12 aromatic carbocycles. The second kappa shape index (κ2) is 19.3. The fourth-order valence-electron chi connectivity index (χ4n) is 11.9. The summed E-state index contributed by atoms with van der Waals surface area (Å²) in [7, 11) is 0. The molecule has 0 fully saturated rings. The summed E-state index contributed by atoms with van der Waals surface area (Å²) in [5, 5.41) is 9.62. The standard InChI is InChI=1S/C74H52N2/c1-3-19-51(20-4-1)59-47-60-48-69(56-21-5-2-6-22-56)74(76(72-38-18-30-55-26-10-14-34-68(55)72)62-45-41-58(42-46-62)66-36-16-28-53-24-8-12-32-64(53)66)50-70(60)73(49-59)75(71-37-17-29-54-25-9-13-33-67(54)71)61-43-39-57(40-44-61)65-35-15-27-52-23-7-11-31-63(52)65/h1-50,55,68H. The summed E-state index contributed by atoms with van der Waals surface area (Å²) in [6.45, 7) is 0. The lowest BCUT2D eigenvalue weighted by molar-refractivity contribution is 0.612. The fourth-order valence-corrected chi connectivity index (χ4v) is 11.9. The first-order valence-electron chi connectivity index (χ1n) is 26.4. The van der Waals surface area contributed by atoms with E-state index in [9.17, 15) is 0 Å². The molecular weight excluding hydrogens is 917 g/mol. The van der Waals surface area contributed by atoms with Crippen molar-refractivity contribution in [3.8, 4) is 44.5 Å². The topological polar surface area (TPSA) is 6.48 Å². The van der Waals surface area contributed by atoms with Crippen molar-refractivity contribution < 1.29 is 0 Å². The Morgan fingerprint density at radius 3 is 1.41 bits per heavy atom. The molecule has 0 saturated heterocycles. The van der Waals surface area contributed by atoms with Crippen molar-refractivity contribution in [1.82, 2.24) is 0 Å². The van der Waals surface area contributed by atoms with Crippen molar-refractivity contribution in [2.24, 2.45) is 11.8 Å². The first kappa shape index (κ1) is 44.9. The Bertz CT molecular complexity index is 4260. The maximum absolute atomic E-state index is 2.55. The van der Waals surface area contributed by atoms with Gasteiger partial charge in [-0.1, -0.05) is 243 Å². The highest BCUT2D eigenvalue weighted by molar-refractivity contribution is 6.10. The van der Waals surface area contributed by atoms with E-state index in [2.05, 4.69) is 313 Å². The van der Waals surface area contributed by atoms with Crippen LogP contribution in [0.3, 0.4) is 0 Å². The molecule has 12 aromatic rings. The molecule has 2 aliphatic carbocycles. The van der Waals surface area contributed by atoms with Gasteiger partial charge in [-0.2, -0.15) is 0 Å². The van der Waals surface area contributed by atoms with Crippen LogP contribution < -0.4 is 9.80 Å². The number of hydrogen-bond donors (Lipinski definition) is 0. The van der Waals surface area contributed by atoms with E-state index in [0.717, 1.165) is 61.5 Å². The Kier molecular flexibility index (Phi) is 11.4. The summed E-state index contributed by atoms with van der Waals surface area (Å²) in [6, 6.07) is 96.1. The van der Waals surface area contributed by atoms with Crippen LogP contribution in [-0.4, -0.2) is 0 Å². The summed E-state index contributed by atoms with van der Waals surface area (Å²) in [5.41, 5.74) is 16.1. The van der Waals surface area contributed by atoms with E-state index in [1.165, 1.54) is 60.3 Å². The van der Waals surface area contributed by atoms with Crippen LogP contribution in [-0.2, 0) is 0 Å². The molecule has 14 rings (SSSR count). The van der Waals surface area contributed by atoms with Crippen molar-refractivity contribution in [1.29, 1.82) is 0 Å². The number of anilines is 5. The van der Waals surface area contributed by atoms with E-state index in [0.29, 0.717) is 0 Å². The van der Waals surface area contributed by atoms with E-state index in [4.69, 9.17) is 0 Å². The fraction of sp³-hybridized carbons (Fsp3) is 0.0270. The molecule has 2 aliphatic rings. The third-order valence-corrected chi connectivity index (χ3v) is 15.6. The lowest BCUT2D eigenvalue weighted by atomic mass is 9.81. The average Bonchev–Trinajstić information content (AvgIpc) is 3.56. The Morgan fingerprint density at radius 1 is 0.263 bits per heavy atom. The molecule has 2 nitrogen and oxygen atoms in total. The van der Waals surface area contributed by atoms with Crippen molar-refractivity contribution >= 4 is 71.5 Å². The lowest BCUT2D eigenvalue weighted by Crippen LogP contribution is -2.28. The third-order valence-electron chi connectivity index (χ3n) is 15.6. The Hall–Kier alpha value is -9.76. The van der Waals surface area contributed by atoms with Crippen molar-refractivity contribution in [3.63, 3.8) is 0 Å². The van der Waals surface area contributed by atoms with Gasteiger partial charge in [-0.3, -0.25) is 0 Å². The molecule has 0 heterocycles. The second-order valence-corrected chi connectivity index (χ2v) is 20.0. The van der Waals surface area contributed by atoms with Crippen LogP contribution >= 0.6 is 0 Å². The number of fused-ring (bicyclic) bond motifs is 5. The van der Waals surface area contributed by atoms with Crippen LogP contribution in [0.15, 0.2) is 309 Å². The van der Waals surface area contributed by atoms with Crippen molar-refractivity contribution in [2.75, 3.05) is 9.80 Å². The number of allylic oxidation sites excluding steroid dienone is 7. The molecule has 0 saturated carbocycles. The van der Waals surface area contributed by atoms with Gasteiger partial charge in [0.05, 0.1) is 17.1 Å².